The van der Waals surface area contributed by atoms with E-state index in [4.69, 9.17) is 4.74 Å². The first-order valence-corrected chi connectivity index (χ1v) is 4.73. The summed E-state index contributed by atoms with van der Waals surface area (Å²) in [6.07, 6.45) is 0. The number of ether oxygens (including phenoxy) is 1. The zero-order valence-corrected chi connectivity index (χ0v) is 8.13. The minimum Gasteiger partial charge on any atom is -0.491 e. The number of benzene rings is 1. The van der Waals surface area contributed by atoms with Crippen LogP contribution in [0.2, 0.25) is 0 Å². The largest absolute Gasteiger partial charge is 0.491 e. The van der Waals surface area contributed by atoms with Crippen LogP contribution in [0, 0.1) is 12.8 Å². The van der Waals surface area contributed by atoms with E-state index in [1.807, 2.05) is 6.07 Å². The average Bonchev–Trinajstić information content (AvgIpc) is 2.29. The Bertz CT molecular complexity index is 309. The molecule has 1 aliphatic rings. The third-order valence-electron chi connectivity index (χ3n) is 2.30. The molecule has 1 unspecified atom stereocenters. The van der Waals surface area contributed by atoms with Crippen LogP contribution in [0.4, 0.5) is 5.69 Å². The van der Waals surface area contributed by atoms with Crippen LogP contribution in [0.5, 0.6) is 5.75 Å². The Hall–Kier alpha value is -1.18. The summed E-state index contributed by atoms with van der Waals surface area (Å²) in [4.78, 5) is 0. The monoisotopic (exact) mass is 177 g/mol. The topological polar surface area (TPSA) is 21.3 Å². The Balaban J connectivity index is 2.30. The summed E-state index contributed by atoms with van der Waals surface area (Å²) in [6, 6.07) is 6.25. The molecule has 0 radical (unpaired) electrons. The lowest BCUT2D eigenvalue weighted by Crippen LogP contribution is -2.13. The van der Waals surface area contributed by atoms with Crippen molar-refractivity contribution in [2.45, 2.75) is 13.8 Å². The summed E-state index contributed by atoms with van der Waals surface area (Å²) in [5.74, 6) is 1.56. The van der Waals surface area contributed by atoms with Crippen molar-refractivity contribution < 1.29 is 4.74 Å². The fourth-order valence-corrected chi connectivity index (χ4v) is 1.48. The number of hydrogen-bond donors (Lipinski definition) is 1. The Kier molecular flexibility index (Phi) is 2.13. The molecule has 0 fully saturated rings. The summed E-state index contributed by atoms with van der Waals surface area (Å²) in [5.41, 5.74) is 2.40. The highest BCUT2D eigenvalue weighted by molar-refractivity contribution is 5.58. The summed E-state index contributed by atoms with van der Waals surface area (Å²) < 4.78 is 5.65. The van der Waals surface area contributed by atoms with Gasteiger partial charge in [-0.15, -0.1) is 0 Å². The molecule has 0 saturated heterocycles. The lowest BCUT2D eigenvalue weighted by molar-refractivity contribution is 0.275. The maximum absolute atomic E-state index is 5.65. The predicted octanol–water partition coefficient (Wildman–Crippen LogP) is 2.44. The quantitative estimate of drug-likeness (QED) is 0.657. The van der Waals surface area contributed by atoms with Crippen LogP contribution >= 0.6 is 0 Å². The van der Waals surface area contributed by atoms with Crippen molar-refractivity contribution in [3.05, 3.63) is 23.8 Å². The maximum Gasteiger partial charge on any atom is 0.142 e. The van der Waals surface area contributed by atoms with E-state index in [1.165, 1.54) is 5.56 Å². The molecule has 1 aromatic rings. The fourth-order valence-electron chi connectivity index (χ4n) is 1.48. The van der Waals surface area contributed by atoms with Gasteiger partial charge in [-0.3, -0.25) is 0 Å². The Morgan fingerprint density at radius 2 is 2.31 bits per heavy atom. The molecule has 0 bridgehead atoms. The van der Waals surface area contributed by atoms with Crippen molar-refractivity contribution in [2.75, 3.05) is 18.5 Å². The van der Waals surface area contributed by atoms with Gasteiger partial charge in [0.25, 0.3) is 0 Å². The van der Waals surface area contributed by atoms with Crippen LogP contribution < -0.4 is 10.1 Å². The van der Waals surface area contributed by atoms with Crippen molar-refractivity contribution in [1.29, 1.82) is 0 Å². The summed E-state index contributed by atoms with van der Waals surface area (Å²) in [5, 5.41) is 3.39. The molecule has 2 rings (SSSR count). The van der Waals surface area contributed by atoms with Gasteiger partial charge in [0.1, 0.15) is 5.75 Å². The van der Waals surface area contributed by atoms with Gasteiger partial charge in [-0.1, -0.05) is 13.0 Å². The lowest BCUT2D eigenvalue weighted by Gasteiger charge is -2.07. The smallest absolute Gasteiger partial charge is 0.142 e. The second-order valence-electron chi connectivity index (χ2n) is 3.80. The first kappa shape index (κ1) is 8.42. The predicted molar refractivity (Wildman–Crippen MR) is 54.3 cm³/mol. The number of fused-ring (bicyclic) bond motifs is 1. The fraction of sp³-hybridized carbons (Fsp3) is 0.455. The molecule has 0 aliphatic carbocycles. The zero-order chi connectivity index (χ0) is 9.26. The number of rotatable bonds is 0. The first-order valence-electron chi connectivity index (χ1n) is 4.73. The summed E-state index contributed by atoms with van der Waals surface area (Å²) >= 11 is 0. The molecular weight excluding hydrogens is 162 g/mol. The Labute approximate surface area is 78.9 Å². The van der Waals surface area contributed by atoms with Crippen LogP contribution in [0.3, 0.4) is 0 Å². The molecule has 0 spiro atoms. The van der Waals surface area contributed by atoms with Gasteiger partial charge in [-0.25, -0.2) is 0 Å². The maximum atomic E-state index is 5.65. The molecule has 0 amide bonds. The van der Waals surface area contributed by atoms with Crippen LogP contribution in [-0.2, 0) is 0 Å². The second-order valence-corrected chi connectivity index (χ2v) is 3.80. The van der Waals surface area contributed by atoms with E-state index in [0.29, 0.717) is 5.92 Å². The van der Waals surface area contributed by atoms with Crippen LogP contribution in [-0.4, -0.2) is 13.2 Å². The standard InChI is InChI=1S/C11H15NO/c1-8-3-4-11-10(5-8)12-6-9(2)7-13-11/h3-5,9,12H,6-7H2,1-2H3. The number of hydrogen-bond acceptors (Lipinski definition) is 2. The van der Waals surface area contributed by atoms with Gasteiger partial charge in [0.2, 0.25) is 0 Å². The summed E-state index contributed by atoms with van der Waals surface area (Å²) in [7, 11) is 0. The van der Waals surface area contributed by atoms with Gasteiger partial charge in [0.05, 0.1) is 12.3 Å². The highest BCUT2D eigenvalue weighted by atomic mass is 16.5. The average molecular weight is 177 g/mol. The molecule has 1 heterocycles. The van der Waals surface area contributed by atoms with E-state index in [1.54, 1.807) is 0 Å². The van der Waals surface area contributed by atoms with Gasteiger partial charge in [0.15, 0.2) is 0 Å². The van der Waals surface area contributed by atoms with E-state index in [9.17, 15) is 0 Å². The van der Waals surface area contributed by atoms with Crippen molar-refractivity contribution in [1.82, 2.24) is 0 Å². The third kappa shape index (κ3) is 1.77. The van der Waals surface area contributed by atoms with E-state index in [0.717, 1.165) is 24.6 Å². The molecule has 13 heavy (non-hydrogen) atoms. The molecule has 2 heteroatoms. The Morgan fingerprint density at radius 1 is 1.46 bits per heavy atom. The van der Waals surface area contributed by atoms with Crippen LogP contribution in [0.25, 0.3) is 0 Å². The molecule has 0 aromatic heterocycles. The van der Waals surface area contributed by atoms with Gasteiger partial charge in [-0.05, 0) is 24.6 Å². The van der Waals surface area contributed by atoms with E-state index in [2.05, 4.69) is 31.3 Å². The molecule has 1 atom stereocenters. The van der Waals surface area contributed by atoms with Gasteiger partial charge >= 0.3 is 0 Å². The first-order chi connectivity index (χ1) is 6.25. The Morgan fingerprint density at radius 3 is 3.15 bits per heavy atom. The molecule has 1 aliphatic heterocycles. The van der Waals surface area contributed by atoms with E-state index in [-0.39, 0.29) is 0 Å². The highest BCUT2D eigenvalue weighted by Crippen LogP contribution is 2.28. The minimum atomic E-state index is 0.577. The van der Waals surface area contributed by atoms with Crippen molar-refractivity contribution >= 4 is 5.69 Å². The van der Waals surface area contributed by atoms with Crippen LogP contribution in [0.15, 0.2) is 18.2 Å². The second kappa shape index (κ2) is 3.29. The normalized spacial score (nSPS) is 20.9. The minimum absolute atomic E-state index is 0.577. The molecule has 1 aromatic carbocycles. The van der Waals surface area contributed by atoms with Gasteiger partial charge < -0.3 is 10.1 Å². The molecule has 2 nitrogen and oxygen atoms in total. The molecule has 70 valence electrons. The van der Waals surface area contributed by atoms with Crippen molar-refractivity contribution in [3.8, 4) is 5.75 Å². The van der Waals surface area contributed by atoms with Gasteiger partial charge in [0, 0.05) is 12.5 Å². The highest BCUT2D eigenvalue weighted by Gasteiger charge is 2.12. The van der Waals surface area contributed by atoms with Gasteiger partial charge in [-0.2, -0.15) is 0 Å². The van der Waals surface area contributed by atoms with E-state index < -0.39 is 0 Å². The molecular formula is C11H15NO. The third-order valence-corrected chi connectivity index (χ3v) is 2.30. The number of aryl methyl sites for hydroxylation is 1. The molecule has 1 N–H and O–H groups in total. The van der Waals surface area contributed by atoms with Crippen molar-refractivity contribution in [3.63, 3.8) is 0 Å². The molecule has 0 saturated carbocycles. The number of nitrogens with one attached hydrogen (secondary N) is 1. The number of anilines is 1. The van der Waals surface area contributed by atoms with Crippen molar-refractivity contribution in [2.24, 2.45) is 5.92 Å². The van der Waals surface area contributed by atoms with E-state index >= 15 is 0 Å². The lowest BCUT2D eigenvalue weighted by atomic mass is 10.2. The van der Waals surface area contributed by atoms with Crippen LogP contribution in [0.1, 0.15) is 12.5 Å². The summed E-state index contributed by atoms with van der Waals surface area (Å²) in [6.45, 7) is 6.08. The SMILES string of the molecule is Cc1ccc2c(c1)NCC(C)CO2. The zero-order valence-electron chi connectivity index (χ0n) is 8.13.